The number of aromatic nitrogens is 2. The monoisotopic (exact) mass is 425 g/mol. The van der Waals surface area contributed by atoms with Crippen LogP contribution in [0.1, 0.15) is 33.1 Å². The Bertz CT molecular complexity index is 900. The van der Waals surface area contributed by atoms with Crippen molar-refractivity contribution in [3.05, 3.63) is 36.7 Å². The molecule has 0 aliphatic carbocycles. The van der Waals surface area contributed by atoms with E-state index >= 15 is 0 Å². The molecule has 8 nitrogen and oxygen atoms in total. The van der Waals surface area contributed by atoms with Crippen molar-refractivity contribution in [2.45, 2.75) is 39.2 Å². The second-order valence-corrected chi connectivity index (χ2v) is 8.41. The summed E-state index contributed by atoms with van der Waals surface area (Å²) in [5, 5.41) is 6.20. The summed E-state index contributed by atoms with van der Waals surface area (Å²) in [4.78, 5) is 23.8. The van der Waals surface area contributed by atoms with Crippen LogP contribution < -0.4 is 25.0 Å². The van der Waals surface area contributed by atoms with Crippen molar-refractivity contribution in [3.8, 4) is 11.5 Å². The highest BCUT2D eigenvalue weighted by atomic mass is 16.5. The summed E-state index contributed by atoms with van der Waals surface area (Å²) in [6.45, 7) is 7.66. The highest BCUT2D eigenvalue weighted by Crippen LogP contribution is 2.30. The van der Waals surface area contributed by atoms with Gasteiger partial charge in [0.2, 0.25) is 5.91 Å². The minimum absolute atomic E-state index is 0.0173. The van der Waals surface area contributed by atoms with E-state index in [1.807, 2.05) is 38.1 Å². The predicted octanol–water partition coefficient (Wildman–Crippen LogP) is 2.86. The summed E-state index contributed by atoms with van der Waals surface area (Å²) in [5.41, 5.74) is -0.407. The second kappa shape index (κ2) is 9.51. The number of nitrogens with zero attached hydrogens (tertiary/aromatic N) is 3. The van der Waals surface area contributed by atoms with Gasteiger partial charge in [0, 0.05) is 13.1 Å². The van der Waals surface area contributed by atoms with Crippen molar-refractivity contribution in [1.29, 1.82) is 0 Å². The summed E-state index contributed by atoms with van der Waals surface area (Å²) >= 11 is 0. The summed E-state index contributed by atoms with van der Waals surface area (Å²) in [7, 11) is 0. The van der Waals surface area contributed by atoms with Gasteiger partial charge < -0.3 is 25.0 Å². The number of benzene rings is 1. The van der Waals surface area contributed by atoms with Gasteiger partial charge in [-0.25, -0.2) is 4.98 Å². The smallest absolute Gasteiger partial charge is 0.232 e. The maximum atomic E-state index is 12.7. The van der Waals surface area contributed by atoms with E-state index in [2.05, 4.69) is 25.5 Å². The number of ether oxygens (including phenoxy) is 2. The molecule has 1 amide bonds. The van der Waals surface area contributed by atoms with E-state index in [9.17, 15) is 4.79 Å². The number of hydrogen-bond acceptors (Lipinski definition) is 7. The molecule has 31 heavy (non-hydrogen) atoms. The predicted molar refractivity (Wildman–Crippen MR) is 120 cm³/mol. The van der Waals surface area contributed by atoms with Crippen LogP contribution in [0.4, 0.5) is 11.6 Å². The molecule has 166 valence electrons. The van der Waals surface area contributed by atoms with Crippen molar-refractivity contribution in [1.82, 2.24) is 15.3 Å². The molecule has 0 saturated carbocycles. The first-order valence-electron chi connectivity index (χ1n) is 11.0. The minimum Gasteiger partial charge on any atom is -0.490 e. The topological polar surface area (TPSA) is 88.6 Å². The molecular weight excluding hydrogens is 394 g/mol. The van der Waals surface area contributed by atoms with Crippen LogP contribution >= 0.6 is 0 Å². The second-order valence-electron chi connectivity index (χ2n) is 8.41. The third kappa shape index (κ3) is 5.07. The van der Waals surface area contributed by atoms with E-state index in [4.69, 9.17) is 9.47 Å². The lowest BCUT2D eigenvalue weighted by Gasteiger charge is -2.34. The molecule has 4 rings (SSSR count). The van der Waals surface area contributed by atoms with Gasteiger partial charge in [-0.1, -0.05) is 12.1 Å². The molecule has 2 saturated heterocycles. The summed E-state index contributed by atoms with van der Waals surface area (Å²) in [6.07, 6.45) is 6.14. The summed E-state index contributed by atoms with van der Waals surface area (Å²) in [6, 6.07) is 7.77. The molecule has 0 radical (unpaired) electrons. The fourth-order valence-corrected chi connectivity index (χ4v) is 4.09. The number of para-hydroxylation sites is 2. The Morgan fingerprint density at radius 2 is 2.16 bits per heavy atom. The first kappa shape index (κ1) is 21.4. The molecule has 8 heteroatoms. The van der Waals surface area contributed by atoms with Crippen LogP contribution in [0.15, 0.2) is 36.7 Å². The fourth-order valence-electron chi connectivity index (χ4n) is 4.09. The normalized spacial score (nSPS) is 23.4. The first-order chi connectivity index (χ1) is 15.1. The van der Waals surface area contributed by atoms with Crippen molar-refractivity contribution >= 4 is 17.5 Å². The number of hydrogen-bond donors (Lipinski definition) is 2. The molecule has 0 spiro atoms. The lowest BCUT2D eigenvalue weighted by molar-refractivity contribution is -0.123. The standard InChI is InChI=1S/C23H31N5O3/c1-3-30-18-8-4-5-9-19(18)31-17-7-6-12-28(15-17)21-14-25-13-20(26-21)27-22(29)23(2)10-11-24-16-23/h4-5,8-9,13-14,17,24H,3,6-7,10-12,15-16H2,1-2H3,(H,26,27,29)/t17-,23?/m1/s1. The van der Waals surface area contributed by atoms with Crippen LogP contribution in [-0.2, 0) is 4.79 Å². The number of carbonyl (C=O) groups is 1. The molecule has 0 bridgehead atoms. The lowest BCUT2D eigenvalue weighted by Crippen LogP contribution is -2.42. The highest BCUT2D eigenvalue weighted by Gasteiger charge is 2.36. The zero-order valence-electron chi connectivity index (χ0n) is 18.3. The van der Waals surface area contributed by atoms with Gasteiger partial charge in [0.1, 0.15) is 11.9 Å². The Morgan fingerprint density at radius 3 is 2.94 bits per heavy atom. The number of amides is 1. The maximum Gasteiger partial charge on any atom is 0.232 e. The lowest BCUT2D eigenvalue weighted by atomic mass is 9.89. The van der Waals surface area contributed by atoms with Gasteiger partial charge in [-0.3, -0.25) is 9.78 Å². The number of rotatable bonds is 7. The Labute approximate surface area is 183 Å². The van der Waals surface area contributed by atoms with Crippen molar-refractivity contribution < 1.29 is 14.3 Å². The van der Waals surface area contributed by atoms with Crippen LogP contribution in [-0.4, -0.2) is 54.8 Å². The van der Waals surface area contributed by atoms with Crippen LogP contribution in [0, 0.1) is 5.41 Å². The summed E-state index contributed by atoms with van der Waals surface area (Å²) < 4.78 is 12.0. The third-order valence-corrected chi connectivity index (χ3v) is 5.93. The zero-order chi connectivity index (χ0) is 21.7. The maximum absolute atomic E-state index is 12.7. The number of piperidine rings is 1. The Kier molecular flexibility index (Phi) is 6.56. The average molecular weight is 426 g/mol. The van der Waals surface area contributed by atoms with E-state index in [0.717, 1.165) is 49.7 Å². The molecule has 2 fully saturated rings. The minimum atomic E-state index is -0.407. The quantitative estimate of drug-likeness (QED) is 0.705. The van der Waals surface area contributed by atoms with Crippen LogP contribution in [0.5, 0.6) is 11.5 Å². The highest BCUT2D eigenvalue weighted by molar-refractivity contribution is 5.94. The van der Waals surface area contributed by atoms with Gasteiger partial charge in [0.15, 0.2) is 17.3 Å². The number of anilines is 2. The Morgan fingerprint density at radius 1 is 1.32 bits per heavy atom. The van der Waals surface area contributed by atoms with Crippen LogP contribution in [0.25, 0.3) is 0 Å². The van der Waals surface area contributed by atoms with E-state index in [-0.39, 0.29) is 12.0 Å². The molecule has 2 N–H and O–H groups in total. The molecular formula is C23H31N5O3. The molecule has 2 atom stereocenters. The fraction of sp³-hybridized carbons (Fsp3) is 0.522. The van der Waals surface area contributed by atoms with E-state index in [0.29, 0.717) is 25.5 Å². The summed E-state index contributed by atoms with van der Waals surface area (Å²) in [5.74, 6) is 2.75. The Balaban J connectivity index is 1.42. The van der Waals surface area contributed by atoms with Crippen LogP contribution in [0.3, 0.4) is 0 Å². The van der Waals surface area contributed by atoms with Crippen LogP contribution in [0.2, 0.25) is 0 Å². The molecule has 2 aliphatic rings. The number of carbonyl (C=O) groups excluding carboxylic acids is 1. The average Bonchev–Trinajstić information content (AvgIpc) is 3.24. The van der Waals surface area contributed by atoms with Gasteiger partial charge >= 0.3 is 0 Å². The third-order valence-electron chi connectivity index (χ3n) is 5.93. The van der Waals surface area contributed by atoms with Gasteiger partial charge in [-0.15, -0.1) is 0 Å². The van der Waals surface area contributed by atoms with Crippen molar-refractivity contribution in [2.24, 2.45) is 5.41 Å². The first-order valence-corrected chi connectivity index (χ1v) is 11.0. The molecule has 1 aromatic carbocycles. The van der Waals surface area contributed by atoms with Gasteiger partial charge in [-0.05, 0) is 51.8 Å². The van der Waals surface area contributed by atoms with E-state index in [1.165, 1.54) is 0 Å². The van der Waals surface area contributed by atoms with Crippen molar-refractivity contribution in [3.63, 3.8) is 0 Å². The largest absolute Gasteiger partial charge is 0.490 e. The van der Waals surface area contributed by atoms with Gasteiger partial charge in [-0.2, -0.15) is 0 Å². The molecule has 2 aliphatic heterocycles. The van der Waals surface area contributed by atoms with Crippen molar-refractivity contribution in [2.75, 3.05) is 43.0 Å². The van der Waals surface area contributed by atoms with Gasteiger partial charge in [0.05, 0.1) is 31.0 Å². The van der Waals surface area contributed by atoms with Gasteiger partial charge in [0.25, 0.3) is 0 Å². The SMILES string of the molecule is CCOc1ccccc1O[C@@H]1CCCN(c2cncc(NC(=O)C3(C)CCNC3)n2)C1. The Hall–Kier alpha value is -2.87. The number of nitrogens with one attached hydrogen (secondary N) is 2. The molecule has 1 unspecified atom stereocenters. The molecule has 1 aromatic heterocycles. The zero-order valence-corrected chi connectivity index (χ0v) is 18.3. The molecule has 3 heterocycles. The molecule has 2 aromatic rings. The van der Waals surface area contributed by atoms with E-state index in [1.54, 1.807) is 12.4 Å². The van der Waals surface area contributed by atoms with E-state index < -0.39 is 5.41 Å².